The highest BCUT2D eigenvalue weighted by Gasteiger charge is 2.48. The molecule has 28 heavy (non-hydrogen) atoms. The molecule has 0 heterocycles. The van der Waals surface area contributed by atoms with Crippen LogP contribution >= 0.6 is 0 Å². The van der Waals surface area contributed by atoms with Crippen molar-refractivity contribution in [3.8, 4) is 0 Å². The molecule has 0 aliphatic heterocycles. The Labute approximate surface area is 167 Å². The summed E-state index contributed by atoms with van der Waals surface area (Å²) in [4.78, 5) is 25.1. The number of rotatable bonds is 4. The first-order valence-electron chi connectivity index (χ1n) is 10.5. The van der Waals surface area contributed by atoms with Crippen LogP contribution in [-0.2, 0) is 20.7 Å². The molecule has 2 N–H and O–H groups in total. The van der Waals surface area contributed by atoms with E-state index in [0.717, 1.165) is 31.4 Å². The van der Waals surface area contributed by atoms with Crippen LogP contribution in [0.2, 0.25) is 0 Å². The van der Waals surface area contributed by atoms with E-state index in [1.807, 2.05) is 19.9 Å². The fourth-order valence-electron chi connectivity index (χ4n) is 5.97. The molecule has 4 atom stereocenters. The smallest absolute Gasteiger partial charge is 0.306 e. The van der Waals surface area contributed by atoms with E-state index in [1.165, 1.54) is 30.2 Å². The molecular weight excluding hydrogens is 350 g/mol. The lowest BCUT2D eigenvalue weighted by molar-refractivity contribution is -0.147. The van der Waals surface area contributed by atoms with Gasteiger partial charge in [-0.15, -0.1) is 0 Å². The minimum Gasteiger partial charge on any atom is -0.469 e. The van der Waals surface area contributed by atoms with E-state index >= 15 is 0 Å². The number of hydrogen-bond donors (Lipinski definition) is 1. The van der Waals surface area contributed by atoms with Gasteiger partial charge in [0.1, 0.15) is 5.78 Å². The van der Waals surface area contributed by atoms with Gasteiger partial charge in [0.05, 0.1) is 13.5 Å². The molecule has 1 aromatic carbocycles. The van der Waals surface area contributed by atoms with Crippen LogP contribution in [0, 0.1) is 23.2 Å². The summed E-state index contributed by atoms with van der Waals surface area (Å²) in [6.07, 6.45) is 7.76. The average Bonchev–Trinajstić information content (AvgIpc) is 3.10. The number of methoxy groups -OCH3 is 1. The monoisotopic (exact) mass is 381 g/mol. The summed E-state index contributed by atoms with van der Waals surface area (Å²) in [6, 6.07) is 6.38. The van der Waals surface area contributed by atoms with Crippen LogP contribution in [0.4, 0.5) is 5.69 Å². The SMILES string of the molecule is COC(=O)CC(C)(C)C(=O)C1CCC2C1=CCC1c3ccc(N)cc3CCC21. The summed E-state index contributed by atoms with van der Waals surface area (Å²) in [5.74, 6) is 1.54. The van der Waals surface area contributed by atoms with Crippen LogP contribution in [0.1, 0.15) is 63.0 Å². The molecule has 0 amide bonds. The molecule has 0 bridgehead atoms. The fraction of sp³-hybridized carbons (Fsp3) is 0.583. The van der Waals surface area contributed by atoms with Gasteiger partial charge in [0.25, 0.3) is 0 Å². The number of ketones is 1. The Hall–Kier alpha value is -2.10. The molecule has 3 aliphatic carbocycles. The van der Waals surface area contributed by atoms with Crippen molar-refractivity contribution in [3.63, 3.8) is 0 Å². The third-order valence-corrected chi connectivity index (χ3v) is 7.35. The number of nitrogens with two attached hydrogens (primary N) is 1. The van der Waals surface area contributed by atoms with Crippen LogP contribution in [0.3, 0.4) is 0 Å². The van der Waals surface area contributed by atoms with Gasteiger partial charge in [-0.2, -0.15) is 0 Å². The Kier molecular flexibility index (Phi) is 4.84. The second-order valence-electron chi connectivity index (χ2n) is 9.44. The molecular formula is C24H31NO3. The first kappa shape index (κ1) is 19.2. The topological polar surface area (TPSA) is 69.4 Å². The normalized spacial score (nSPS) is 28.6. The second-order valence-corrected chi connectivity index (χ2v) is 9.44. The molecule has 0 radical (unpaired) electrons. The number of ether oxygens (including phenoxy) is 1. The molecule has 3 aliphatic rings. The molecule has 4 rings (SSSR count). The van der Waals surface area contributed by atoms with Gasteiger partial charge in [0.15, 0.2) is 0 Å². The number of hydrogen-bond acceptors (Lipinski definition) is 4. The Morgan fingerprint density at radius 1 is 1.18 bits per heavy atom. The van der Waals surface area contributed by atoms with Crippen LogP contribution in [-0.4, -0.2) is 18.9 Å². The van der Waals surface area contributed by atoms with E-state index in [-0.39, 0.29) is 24.1 Å². The summed E-state index contributed by atoms with van der Waals surface area (Å²) in [7, 11) is 1.38. The highest BCUT2D eigenvalue weighted by molar-refractivity contribution is 5.92. The number of carbonyl (C=O) groups excluding carboxylic acids is 2. The molecule has 1 fully saturated rings. The molecule has 1 aromatic rings. The first-order chi connectivity index (χ1) is 13.3. The Balaban J connectivity index is 1.57. The van der Waals surface area contributed by atoms with Gasteiger partial charge in [-0.1, -0.05) is 31.6 Å². The van der Waals surface area contributed by atoms with Gasteiger partial charge in [-0.3, -0.25) is 9.59 Å². The van der Waals surface area contributed by atoms with Gasteiger partial charge >= 0.3 is 5.97 Å². The van der Waals surface area contributed by atoms with Crippen molar-refractivity contribution in [1.29, 1.82) is 0 Å². The summed E-state index contributed by atoms with van der Waals surface area (Å²) in [5, 5.41) is 0. The van der Waals surface area contributed by atoms with Gasteiger partial charge in [0, 0.05) is 17.0 Å². The van der Waals surface area contributed by atoms with Crippen LogP contribution in [0.25, 0.3) is 0 Å². The zero-order valence-electron chi connectivity index (χ0n) is 17.2. The second kappa shape index (κ2) is 7.06. The predicted octanol–water partition coefficient (Wildman–Crippen LogP) is 4.43. The molecule has 4 nitrogen and oxygen atoms in total. The highest BCUT2D eigenvalue weighted by Crippen LogP contribution is 2.55. The van der Waals surface area contributed by atoms with Crippen molar-refractivity contribution in [1.82, 2.24) is 0 Å². The quantitative estimate of drug-likeness (QED) is 0.476. The Morgan fingerprint density at radius 3 is 2.71 bits per heavy atom. The number of allylic oxidation sites excluding steroid dienone is 2. The van der Waals surface area contributed by atoms with Crippen molar-refractivity contribution < 1.29 is 14.3 Å². The van der Waals surface area contributed by atoms with Crippen molar-refractivity contribution in [2.45, 2.75) is 58.3 Å². The number of carbonyl (C=O) groups is 2. The molecule has 150 valence electrons. The van der Waals surface area contributed by atoms with Gasteiger partial charge in [-0.05, 0) is 73.1 Å². The van der Waals surface area contributed by atoms with Crippen LogP contribution < -0.4 is 5.73 Å². The number of benzene rings is 1. The minimum atomic E-state index is -0.680. The van der Waals surface area contributed by atoms with E-state index in [4.69, 9.17) is 10.5 Å². The molecule has 0 saturated heterocycles. The Bertz CT molecular complexity index is 838. The van der Waals surface area contributed by atoms with Crippen molar-refractivity contribution in [3.05, 3.63) is 41.0 Å². The number of anilines is 1. The van der Waals surface area contributed by atoms with E-state index in [0.29, 0.717) is 17.8 Å². The first-order valence-corrected chi connectivity index (χ1v) is 10.5. The number of nitrogen functional groups attached to an aromatic ring is 1. The fourth-order valence-corrected chi connectivity index (χ4v) is 5.97. The maximum absolute atomic E-state index is 13.3. The lowest BCUT2D eigenvalue weighted by atomic mass is 9.63. The van der Waals surface area contributed by atoms with E-state index in [9.17, 15) is 9.59 Å². The standard InChI is InChI=1S/C24H31NO3/c1-24(2,13-22(26)28-3)23(27)21-11-10-19-18-6-4-14-12-15(25)5-7-16(14)17(18)8-9-20(19)21/h5,7,9,12,17-19,21H,4,6,8,10-11,13,25H2,1-3H3. The van der Waals surface area contributed by atoms with Crippen molar-refractivity contribution in [2.24, 2.45) is 23.2 Å². The number of Topliss-reactive ketones (excluding diaryl/α,β-unsaturated/α-hetero) is 1. The zero-order chi connectivity index (χ0) is 20.1. The predicted molar refractivity (Wildman–Crippen MR) is 110 cm³/mol. The van der Waals surface area contributed by atoms with Crippen molar-refractivity contribution >= 4 is 17.4 Å². The summed E-state index contributed by atoms with van der Waals surface area (Å²) >= 11 is 0. The average molecular weight is 382 g/mol. The molecule has 4 heteroatoms. The van der Waals surface area contributed by atoms with Gasteiger partial charge < -0.3 is 10.5 Å². The third kappa shape index (κ3) is 3.17. The molecule has 1 saturated carbocycles. The van der Waals surface area contributed by atoms with Gasteiger partial charge in [-0.25, -0.2) is 0 Å². The number of fused-ring (bicyclic) bond motifs is 5. The number of esters is 1. The zero-order valence-corrected chi connectivity index (χ0v) is 17.2. The summed E-state index contributed by atoms with van der Waals surface area (Å²) in [6.45, 7) is 3.76. The molecule has 0 aromatic heterocycles. The highest BCUT2D eigenvalue weighted by atomic mass is 16.5. The largest absolute Gasteiger partial charge is 0.469 e. The number of aryl methyl sites for hydroxylation is 1. The summed E-state index contributed by atoms with van der Waals surface area (Å²) in [5.41, 5.74) is 10.4. The third-order valence-electron chi connectivity index (χ3n) is 7.35. The van der Waals surface area contributed by atoms with Crippen molar-refractivity contribution in [2.75, 3.05) is 12.8 Å². The summed E-state index contributed by atoms with van der Waals surface area (Å²) < 4.78 is 4.80. The maximum atomic E-state index is 13.3. The lowest BCUT2D eigenvalue weighted by Gasteiger charge is -2.41. The molecule has 4 unspecified atom stereocenters. The van der Waals surface area contributed by atoms with Gasteiger partial charge in [0.2, 0.25) is 0 Å². The van der Waals surface area contributed by atoms with E-state index in [1.54, 1.807) is 0 Å². The van der Waals surface area contributed by atoms with Crippen LogP contribution in [0.15, 0.2) is 29.8 Å². The molecule has 0 spiro atoms. The van der Waals surface area contributed by atoms with E-state index < -0.39 is 5.41 Å². The minimum absolute atomic E-state index is 0.0292. The Morgan fingerprint density at radius 2 is 1.96 bits per heavy atom. The van der Waals surface area contributed by atoms with Crippen LogP contribution in [0.5, 0.6) is 0 Å². The maximum Gasteiger partial charge on any atom is 0.306 e. The lowest BCUT2D eigenvalue weighted by Crippen LogP contribution is -2.35. The van der Waals surface area contributed by atoms with E-state index in [2.05, 4.69) is 18.2 Å².